The van der Waals surface area contributed by atoms with Crippen molar-refractivity contribution < 1.29 is 0 Å². The Labute approximate surface area is 200 Å². The highest BCUT2D eigenvalue weighted by molar-refractivity contribution is 6.16. The van der Waals surface area contributed by atoms with E-state index >= 15 is 0 Å². The lowest BCUT2D eigenvalue weighted by Crippen LogP contribution is -2.10. The third-order valence-corrected chi connectivity index (χ3v) is 7.59. The van der Waals surface area contributed by atoms with Gasteiger partial charge in [0.15, 0.2) is 0 Å². The Hall–Kier alpha value is -3.84. The fourth-order valence-electron chi connectivity index (χ4n) is 5.88. The Morgan fingerprint density at radius 2 is 1.38 bits per heavy atom. The first kappa shape index (κ1) is 19.6. The first-order valence-corrected chi connectivity index (χ1v) is 12.2. The number of nitrogens with zero attached hydrogens (tertiary/aromatic N) is 1. The summed E-state index contributed by atoms with van der Waals surface area (Å²) in [5, 5.41) is 5.34. The molecule has 1 aliphatic carbocycles. The van der Waals surface area contributed by atoms with Crippen LogP contribution in [0.3, 0.4) is 0 Å². The van der Waals surface area contributed by atoms with Crippen molar-refractivity contribution in [3.63, 3.8) is 0 Å². The second kappa shape index (κ2) is 6.84. The number of fused-ring (bicyclic) bond motifs is 9. The molecule has 1 nitrogen and oxygen atoms in total. The molecule has 0 amide bonds. The van der Waals surface area contributed by atoms with Crippen LogP contribution in [0.4, 0.5) is 0 Å². The van der Waals surface area contributed by atoms with Crippen LogP contribution in [0.25, 0.3) is 49.4 Å². The van der Waals surface area contributed by atoms with Crippen LogP contribution < -0.4 is 0 Å². The van der Waals surface area contributed by atoms with Crippen molar-refractivity contribution in [3.8, 4) is 16.8 Å². The van der Waals surface area contributed by atoms with Crippen LogP contribution in [0.1, 0.15) is 37.5 Å². The molecule has 0 fully saturated rings. The van der Waals surface area contributed by atoms with Crippen molar-refractivity contribution in [3.05, 3.63) is 114 Å². The van der Waals surface area contributed by atoms with Gasteiger partial charge < -0.3 is 4.57 Å². The van der Waals surface area contributed by atoms with E-state index in [1.165, 1.54) is 66.1 Å². The standard InChI is InChI=1S/C33H27N/c1-33(2,3)23-14-16-24(17-15-23)34-30-11-7-6-10-26(30)28-19-13-22-20-29-25-9-5-4-8-21(25)12-18-27(29)31(22)32(28)34/h4-19H,20H2,1-3H3. The van der Waals surface area contributed by atoms with Gasteiger partial charge in [0.25, 0.3) is 0 Å². The molecule has 7 rings (SSSR count). The van der Waals surface area contributed by atoms with Gasteiger partial charge in [-0.15, -0.1) is 0 Å². The van der Waals surface area contributed by atoms with Gasteiger partial charge in [-0.25, -0.2) is 0 Å². The number of benzene rings is 5. The maximum Gasteiger partial charge on any atom is 0.0622 e. The zero-order valence-electron chi connectivity index (χ0n) is 19.9. The summed E-state index contributed by atoms with van der Waals surface area (Å²) in [5.41, 5.74) is 11.0. The molecule has 0 saturated heterocycles. The van der Waals surface area contributed by atoms with Crippen molar-refractivity contribution in [1.82, 2.24) is 4.57 Å². The molecule has 0 atom stereocenters. The lowest BCUT2D eigenvalue weighted by molar-refractivity contribution is 0.590. The van der Waals surface area contributed by atoms with Gasteiger partial charge in [0.2, 0.25) is 0 Å². The van der Waals surface area contributed by atoms with E-state index in [9.17, 15) is 0 Å². The topological polar surface area (TPSA) is 4.93 Å². The molecule has 6 aromatic rings. The van der Waals surface area contributed by atoms with Crippen LogP contribution >= 0.6 is 0 Å². The van der Waals surface area contributed by atoms with E-state index in [1.54, 1.807) is 0 Å². The summed E-state index contributed by atoms with van der Waals surface area (Å²) in [6, 6.07) is 36.1. The quantitative estimate of drug-likeness (QED) is 0.242. The minimum Gasteiger partial charge on any atom is -0.309 e. The van der Waals surface area contributed by atoms with Crippen LogP contribution in [0.5, 0.6) is 0 Å². The third kappa shape index (κ3) is 2.67. The second-order valence-corrected chi connectivity index (χ2v) is 10.6. The zero-order valence-corrected chi connectivity index (χ0v) is 19.9. The highest BCUT2D eigenvalue weighted by Crippen LogP contribution is 2.47. The Morgan fingerprint density at radius 1 is 0.647 bits per heavy atom. The first-order chi connectivity index (χ1) is 16.5. The zero-order chi connectivity index (χ0) is 23.0. The average molecular weight is 438 g/mol. The molecule has 0 saturated carbocycles. The van der Waals surface area contributed by atoms with E-state index in [2.05, 4.69) is 122 Å². The lowest BCUT2D eigenvalue weighted by atomic mass is 9.87. The summed E-state index contributed by atoms with van der Waals surface area (Å²) in [6.07, 6.45) is 0.993. The molecule has 1 aliphatic rings. The number of hydrogen-bond donors (Lipinski definition) is 0. The summed E-state index contributed by atoms with van der Waals surface area (Å²) in [5.74, 6) is 0. The van der Waals surface area contributed by atoms with Gasteiger partial charge in [-0.1, -0.05) is 99.6 Å². The van der Waals surface area contributed by atoms with E-state index < -0.39 is 0 Å². The number of hydrogen-bond acceptors (Lipinski definition) is 0. The average Bonchev–Trinajstić information content (AvgIpc) is 3.39. The van der Waals surface area contributed by atoms with Gasteiger partial charge in [-0.2, -0.15) is 0 Å². The lowest BCUT2D eigenvalue weighted by Gasteiger charge is -2.20. The van der Waals surface area contributed by atoms with E-state index in [-0.39, 0.29) is 5.41 Å². The van der Waals surface area contributed by atoms with E-state index in [1.807, 2.05) is 0 Å². The Balaban J connectivity index is 1.58. The molecule has 0 unspecified atom stereocenters. The van der Waals surface area contributed by atoms with Crippen molar-refractivity contribution in [2.24, 2.45) is 0 Å². The SMILES string of the molecule is CC(C)(C)c1ccc(-n2c3ccccc3c3ccc4c(c32)-c2ccc3ccccc3c2C4)cc1. The minimum absolute atomic E-state index is 0.139. The number of para-hydroxylation sites is 1. The maximum atomic E-state index is 2.49. The van der Waals surface area contributed by atoms with Crippen LogP contribution in [-0.4, -0.2) is 4.57 Å². The smallest absolute Gasteiger partial charge is 0.0622 e. The number of rotatable bonds is 1. The van der Waals surface area contributed by atoms with E-state index in [0.29, 0.717) is 0 Å². The molecule has 0 aliphatic heterocycles. The molecule has 0 N–H and O–H groups in total. The molecule has 5 aromatic carbocycles. The monoisotopic (exact) mass is 437 g/mol. The van der Waals surface area contributed by atoms with Crippen LogP contribution in [0.15, 0.2) is 97.1 Å². The fraction of sp³-hybridized carbons (Fsp3) is 0.152. The third-order valence-electron chi connectivity index (χ3n) is 7.59. The molecular weight excluding hydrogens is 410 g/mol. The molecule has 34 heavy (non-hydrogen) atoms. The Morgan fingerprint density at radius 3 is 2.18 bits per heavy atom. The molecule has 1 aromatic heterocycles. The van der Waals surface area contributed by atoms with Crippen molar-refractivity contribution >= 4 is 32.6 Å². The Bertz CT molecular complexity index is 1740. The summed E-state index contributed by atoms with van der Waals surface area (Å²) < 4.78 is 2.49. The predicted molar refractivity (Wildman–Crippen MR) is 145 cm³/mol. The predicted octanol–water partition coefficient (Wildman–Crippen LogP) is 8.81. The fourth-order valence-corrected chi connectivity index (χ4v) is 5.88. The second-order valence-electron chi connectivity index (χ2n) is 10.6. The summed E-state index contributed by atoms with van der Waals surface area (Å²) in [4.78, 5) is 0. The first-order valence-electron chi connectivity index (χ1n) is 12.2. The molecule has 0 spiro atoms. The van der Waals surface area contributed by atoms with Gasteiger partial charge in [-0.3, -0.25) is 0 Å². The Kier molecular flexibility index (Phi) is 3.94. The molecule has 1 heterocycles. The van der Waals surface area contributed by atoms with Gasteiger partial charge in [0.05, 0.1) is 11.0 Å². The van der Waals surface area contributed by atoms with Crippen LogP contribution in [0.2, 0.25) is 0 Å². The van der Waals surface area contributed by atoms with Gasteiger partial charge in [0, 0.05) is 22.0 Å². The van der Waals surface area contributed by atoms with Gasteiger partial charge >= 0.3 is 0 Å². The highest BCUT2D eigenvalue weighted by atomic mass is 15.0. The highest BCUT2D eigenvalue weighted by Gasteiger charge is 2.26. The number of aromatic nitrogens is 1. The largest absolute Gasteiger partial charge is 0.309 e. The van der Waals surface area contributed by atoms with Gasteiger partial charge in [-0.05, 0) is 63.1 Å². The summed E-state index contributed by atoms with van der Waals surface area (Å²) >= 11 is 0. The molecule has 0 bridgehead atoms. The van der Waals surface area contributed by atoms with E-state index in [0.717, 1.165) is 6.42 Å². The summed E-state index contributed by atoms with van der Waals surface area (Å²) in [7, 11) is 0. The van der Waals surface area contributed by atoms with Crippen molar-refractivity contribution in [1.29, 1.82) is 0 Å². The molecule has 1 heteroatoms. The van der Waals surface area contributed by atoms with Crippen LogP contribution in [-0.2, 0) is 11.8 Å². The summed E-state index contributed by atoms with van der Waals surface area (Å²) in [6.45, 7) is 6.82. The molecule has 164 valence electrons. The van der Waals surface area contributed by atoms with Crippen molar-refractivity contribution in [2.75, 3.05) is 0 Å². The minimum atomic E-state index is 0.139. The van der Waals surface area contributed by atoms with Crippen molar-refractivity contribution in [2.45, 2.75) is 32.6 Å². The maximum absolute atomic E-state index is 2.49. The normalized spacial score (nSPS) is 13.0. The molecular formula is C33H27N. The van der Waals surface area contributed by atoms with Crippen LogP contribution in [0, 0.1) is 0 Å². The van der Waals surface area contributed by atoms with E-state index in [4.69, 9.17) is 0 Å². The molecule has 0 radical (unpaired) electrons. The van der Waals surface area contributed by atoms with Gasteiger partial charge in [0.1, 0.15) is 0 Å².